The summed E-state index contributed by atoms with van der Waals surface area (Å²) in [7, 11) is 3.05. The van der Waals surface area contributed by atoms with Crippen molar-refractivity contribution in [1.82, 2.24) is 9.97 Å². The van der Waals surface area contributed by atoms with Gasteiger partial charge in [-0.1, -0.05) is 0 Å². The summed E-state index contributed by atoms with van der Waals surface area (Å²) in [6.45, 7) is 0. The molecule has 0 radical (unpaired) electrons. The van der Waals surface area contributed by atoms with Gasteiger partial charge in [-0.05, 0) is 30.3 Å². The summed E-state index contributed by atoms with van der Waals surface area (Å²) >= 11 is 0. The highest BCUT2D eigenvalue weighted by atomic mass is 19.2. The Morgan fingerprint density at radius 2 is 1.82 bits per heavy atom. The molecular formula is C19H16F2N4O3. The lowest BCUT2D eigenvalue weighted by molar-refractivity contribution is 0.102. The minimum absolute atomic E-state index is 0.0368. The van der Waals surface area contributed by atoms with Crippen LogP contribution in [0.2, 0.25) is 0 Å². The molecule has 0 aliphatic carbocycles. The normalized spacial score (nSPS) is 10.3. The van der Waals surface area contributed by atoms with E-state index in [-0.39, 0.29) is 17.3 Å². The number of nitrogens with zero attached hydrogens (tertiary/aromatic N) is 2. The molecule has 3 rings (SSSR count). The summed E-state index contributed by atoms with van der Waals surface area (Å²) in [4.78, 5) is 20.5. The first-order valence-electron chi connectivity index (χ1n) is 8.08. The van der Waals surface area contributed by atoms with Crippen molar-refractivity contribution >= 4 is 23.2 Å². The number of hydrogen-bond donors (Lipinski definition) is 2. The molecule has 0 atom stereocenters. The van der Waals surface area contributed by atoms with Crippen LogP contribution in [-0.2, 0) is 0 Å². The Labute approximate surface area is 159 Å². The predicted octanol–water partition coefficient (Wildman–Crippen LogP) is 3.77. The molecule has 0 unspecified atom stereocenters. The maximum atomic E-state index is 13.3. The van der Waals surface area contributed by atoms with Crippen LogP contribution in [0.15, 0.2) is 48.7 Å². The second-order valence-electron chi connectivity index (χ2n) is 5.54. The van der Waals surface area contributed by atoms with Gasteiger partial charge in [-0.15, -0.1) is 0 Å². The Hall–Kier alpha value is -3.75. The van der Waals surface area contributed by atoms with Gasteiger partial charge in [0.1, 0.15) is 17.2 Å². The molecule has 2 aromatic carbocycles. The highest BCUT2D eigenvalue weighted by Crippen LogP contribution is 2.30. The molecule has 3 aromatic rings. The second kappa shape index (κ2) is 8.30. The molecule has 0 saturated heterocycles. The number of amides is 1. The number of carbonyl (C=O) groups is 1. The molecule has 28 heavy (non-hydrogen) atoms. The number of hydrogen-bond acceptors (Lipinski definition) is 6. The third-order valence-corrected chi connectivity index (χ3v) is 3.72. The summed E-state index contributed by atoms with van der Waals surface area (Å²) in [6, 6.07) is 9.58. The van der Waals surface area contributed by atoms with Crippen molar-refractivity contribution in [1.29, 1.82) is 0 Å². The van der Waals surface area contributed by atoms with Crippen LogP contribution in [-0.4, -0.2) is 30.1 Å². The Morgan fingerprint density at radius 1 is 1.00 bits per heavy atom. The standard InChI is InChI=1S/C19H16F2N4O3/c1-27-12-4-6-15(17(10-12)28-2)24-19-22-8-7-16(25-19)18(26)23-11-3-5-13(20)14(21)9-11/h3-10H,1-2H3,(H,23,26)(H,22,24,25). The fraction of sp³-hybridized carbons (Fsp3) is 0.105. The Balaban J connectivity index is 1.78. The van der Waals surface area contributed by atoms with E-state index >= 15 is 0 Å². The monoisotopic (exact) mass is 386 g/mol. The SMILES string of the molecule is COc1ccc(Nc2nccc(C(=O)Nc3ccc(F)c(F)c3)n2)c(OC)c1. The Bertz CT molecular complexity index is 1010. The highest BCUT2D eigenvalue weighted by molar-refractivity contribution is 6.03. The predicted molar refractivity (Wildman–Crippen MR) is 99.2 cm³/mol. The number of halogens is 2. The van der Waals surface area contributed by atoms with Gasteiger partial charge < -0.3 is 20.1 Å². The number of rotatable bonds is 6. The van der Waals surface area contributed by atoms with Gasteiger partial charge in [0, 0.05) is 24.0 Å². The van der Waals surface area contributed by atoms with Crippen LogP contribution in [0.4, 0.5) is 26.1 Å². The number of anilines is 3. The van der Waals surface area contributed by atoms with Crippen LogP contribution in [0.3, 0.4) is 0 Å². The first-order valence-corrected chi connectivity index (χ1v) is 8.08. The van der Waals surface area contributed by atoms with E-state index in [0.717, 1.165) is 12.1 Å². The molecule has 0 aliphatic rings. The van der Waals surface area contributed by atoms with Gasteiger partial charge in [0.15, 0.2) is 11.6 Å². The van der Waals surface area contributed by atoms with Crippen LogP contribution < -0.4 is 20.1 Å². The largest absolute Gasteiger partial charge is 0.497 e. The molecule has 9 heteroatoms. The molecule has 1 amide bonds. The summed E-state index contributed by atoms with van der Waals surface area (Å²) in [5.41, 5.74) is 0.713. The lowest BCUT2D eigenvalue weighted by atomic mass is 10.2. The van der Waals surface area contributed by atoms with E-state index in [1.54, 1.807) is 25.3 Å². The van der Waals surface area contributed by atoms with Gasteiger partial charge in [-0.3, -0.25) is 4.79 Å². The van der Waals surface area contributed by atoms with E-state index in [4.69, 9.17) is 9.47 Å². The fourth-order valence-corrected chi connectivity index (χ4v) is 2.34. The van der Waals surface area contributed by atoms with Crippen LogP contribution in [0.25, 0.3) is 0 Å². The quantitative estimate of drug-likeness (QED) is 0.671. The number of nitrogens with one attached hydrogen (secondary N) is 2. The van der Waals surface area contributed by atoms with Gasteiger partial charge >= 0.3 is 0 Å². The zero-order valence-electron chi connectivity index (χ0n) is 15.0. The zero-order valence-corrected chi connectivity index (χ0v) is 15.0. The molecule has 7 nitrogen and oxygen atoms in total. The van der Waals surface area contributed by atoms with E-state index in [9.17, 15) is 13.6 Å². The maximum Gasteiger partial charge on any atom is 0.274 e. The van der Waals surface area contributed by atoms with Crippen LogP contribution >= 0.6 is 0 Å². The average Bonchev–Trinajstić information content (AvgIpc) is 2.71. The number of methoxy groups -OCH3 is 2. The second-order valence-corrected chi connectivity index (χ2v) is 5.54. The van der Waals surface area contributed by atoms with Crippen molar-refractivity contribution in [2.24, 2.45) is 0 Å². The van der Waals surface area contributed by atoms with Gasteiger partial charge in [0.05, 0.1) is 19.9 Å². The molecular weight excluding hydrogens is 370 g/mol. The van der Waals surface area contributed by atoms with Crippen molar-refractivity contribution in [3.8, 4) is 11.5 Å². The van der Waals surface area contributed by atoms with Gasteiger partial charge in [0.25, 0.3) is 5.91 Å². The molecule has 0 saturated carbocycles. The maximum absolute atomic E-state index is 13.3. The first-order chi connectivity index (χ1) is 13.5. The molecule has 2 N–H and O–H groups in total. The molecule has 0 aliphatic heterocycles. The summed E-state index contributed by atoms with van der Waals surface area (Å²) in [5, 5.41) is 5.41. The third-order valence-electron chi connectivity index (χ3n) is 3.72. The molecule has 1 aromatic heterocycles. The van der Waals surface area contributed by atoms with Crippen molar-refractivity contribution in [3.63, 3.8) is 0 Å². The number of ether oxygens (including phenoxy) is 2. The van der Waals surface area contributed by atoms with Crippen LogP contribution in [0, 0.1) is 11.6 Å². The number of carbonyl (C=O) groups excluding carboxylic acids is 1. The highest BCUT2D eigenvalue weighted by Gasteiger charge is 2.12. The molecule has 0 spiro atoms. The summed E-state index contributed by atoms with van der Waals surface area (Å²) in [5.74, 6) is -1.39. The summed E-state index contributed by atoms with van der Waals surface area (Å²) < 4.78 is 36.7. The van der Waals surface area contributed by atoms with Crippen LogP contribution in [0.5, 0.6) is 11.5 Å². The van der Waals surface area contributed by atoms with Crippen molar-refractivity contribution in [2.45, 2.75) is 0 Å². The number of aromatic nitrogens is 2. The third kappa shape index (κ3) is 4.32. The first kappa shape index (κ1) is 19.0. The van der Waals surface area contributed by atoms with Crippen molar-refractivity contribution < 1.29 is 23.0 Å². The summed E-state index contributed by atoms with van der Waals surface area (Å²) in [6.07, 6.45) is 1.39. The smallest absolute Gasteiger partial charge is 0.274 e. The lowest BCUT2D eigenvalue weighted by Crippen LogP contribution is -2.15. The van der Waals surface area contributed by atoms with Crippen molar-refractivity contribution in [2.75, 3.05) is 24.9 Å². The molecule has 0 bridgehead atoms. The zero-order chi connectivity index (χ0) is 20.1. The lowest BCUT2D eigenvalue weighted by Gasteiger charge is -2.12. The van der Waals surface area contributed by atoms with E-state index in [1.165, 1.54) is 25.4 Å². The topological polar surface area (TPSA) is 85.4 Å². The van der Waals surface area contributed by atoms with Crippen molar-refractivity contribution in [3.05, 3.63) is 66.0 Å². The van der Waals surface area contributed by atoms with Gasteiger partial charge in [-0.25, -0.2) is 18.7 Å². The minimum atomic E-state index is -1.06. The van der Waals surface area contributed by atoms with E-state index in [0.29, 0.717) is 17.2 Å². The van der Waals surface area contributed by atoms with E-state index in [2.05, 4.69) is 20.6 Å². The number of benzene rings is 2. The average molecular weight is 386 g/mol. The Kier molecular flexibility index (Phi) is 5.64. The van der Waals surface area contributed by atoms with Gasteiger partial charge in [0.2, 0.25) is 5.95 Å². The van der Waals surface area contributed by atoms with Gasteiger partial charge in [-0.2, -0.15) is 0 Å². The van der Waals surface area contributed by atoms with Crippen LogP contribution in [0.1, 0.15) is 10.5 Å². The molecule has 1 heterocycles. The van der Waals surface area contributed by atoms with E-state index < -0.39 is 17.5 Å². The molecule has 144 valence electrons. The molecule has 0 fully saturated rings. The fourth-order valence-electron chi connectivity index (χ4n) is 2.34. The Morgan fingerprint density at radius 3 is 2.54 bits per heavy atom. The minimum Gasteiger partial charge on any atom is -0.497 e. The van der Waals surface area contributed by atoms with E-state index in [1.807, 2.05) is 0 Å².